The lowest BCUT2D eigenvalue weighted by molar-refractivity contribution is -0.140. The van der Waals surface area contributed by atoms with Gasteiger partial charge in [-0.3, -0.25) is 0 Å². The molecule has 0 spiro atoms. The molecule has 1 saturated heterocycles. The number of aliphatic imine (C=N–C) groups is 1. The first kappa shape index (κ1) is 23.6. The van der Waals surface area contributed by atoms with Crippen molar-refractivity contribution in [3.8, 4) is 0 Å². The summed E-state index contributed by atoms with van der Waals surface area (Å²) in [6.07, 6.45) is -0.192. The van der Waals surface area contributed by atoms with Gasteiger partial charge in [-0.25, -0.2) is 15.0 Å². The van der Waals surface area contributed by atoms with Crippen LogP contribution in [0.4, 0.5) is 19.0 Å². The van der Waals surface area contributed by atoms with Gasteiger partial charge in [0.1, 0.15) is 10.8 Å². The number of nitrogens with zero attached hydrogens (tertiary/aromatic N) is 4. The zero-order chi connectivity index (χ0) is 20.0. The van der Waals surface area contributed by atoms with Crippen molar-refractivity contribution in [1.29, 1.82) is 0 Å². The highest BCUT2D eigenvalue weighted by Gasteiger charge is 2.33. The average molecular weight is 540 g/mol. The van der Waals surface area contributed by atoms with Gasteiger partial charge in [0.15, 0.2) is 11.7 Å². The first-order chi connectivity index (χ1) is 13.5. The van der Waals surface area contributed by atoms with E-state index in [0.717, 1.165) is 41.2 Å². The van der Waals surface area contributed by atoms with Gasteiger partial charge < -0.3 is 15.5 Å². The molecule has 11 heteroatoms. The highest BCUT2D eigenvalue weighted by Crippen LogP contribution is 2.29. The minimum atomic E-state index is -4.42. The van der Waals surface area contributed by atoms with Crippen LogP contribution in [0.1, 0.15) is 36.0 Å². The molecule has 29 heavy (non-hydrogen) atoms. The van der Waals surface area contributed by atoms with Crippen molar-refractivity contribution in [1.82, 2.24) is 20.6 Å². The molecular formula is C18H24F3IN6S. The Hall–Kier alpha value is -1.63. The Kier molecular flexibility index (Phi) is 8.93. The maximum absolute atomic E-state index is 12.6. The van der Waals surface area contributed by atoms with E-state index in [1.807, 2.05) is 25.3 Å². The van der Waals surface area contributed by atoms with E-state index in [0.29, 0.717) is 24.1 Å². The summed E-state index contributed by atoms with van der Waals surface area (Å²) in [7, 11) is 0. The predicted molar refractivity (Wildman–Crippen MR) is 120 cm³/mol. The van der Waals surface area contributed by atoms with Gasteiger partial charge in [0.05, 0.1) is 13.1 Å². The van der Waals surface area contributed by atoms with Crippen LogP contribution in [-0.4, -0.2) is 35.6 Å². The predicted octanol–water partition coefficient (Wildman–Crippen LogP) is 4.03. The summed E-state index contributed by atoms with van der Waals surface area (Å²) in [4.78, 5) is 14.9. The van der Waals surface area contributed by atoms with Crippen LogP contribution in [0.5, 0.6) is 0 Å². The molecule has 0 amide bonds. The van der Waals surface area contributed by atoms with E-state index in [2.05, 4.69) is 30.5 Å². The van der Waals surface area contributed by atoms with E-state index < -0.39 is 11.9 Å². The van der Waals surface area contributed by atoms with Crippen LogP contribution < -0.4 is 15.5 Å². The van der Waals surface area contributed by atoms with Gasteiger partial charge in [-0.1, -0.05) is 6.07 Å². The Morgan fingerprint density at radius 2 is 2.00 bits per heavy atom. The summed E-state index contributed by atoms with van der Waals surface area (Å²) >= 11 is 0.974. The van der Waals surface area contributed by atoms with Crippen molar-refractivity contribution in [3.63, 3.8) is 0 Å². The molecule has 0 radical (unpaired) electrons. The molecule has 0 unspecified atom stereocenters. The molecule has 2 aromatic heterocycles. The summed E-state index contributed by atoms with van der Waals surface area (Å²) in [5.74, 6) is 1.51. The van der Waals surface area contributed by atoms with Crippen LogP contribution in [0.2, 0.25) is 0 Å². The van der Waals surface area contributed by atoms with Gasteiger partial charge in [0.2, 0.25) is 0 Å². The third-order valence-electron chi connectivity index (χ3n) is 4.25. The maximum atomic E-state index is 12.6. The third kappa shape index (κ3) is 6.98. The molecule has 0 aromatic carbocycles. The molecule has 0 saturated carbocycles. The summed E-state index contributed by atoms with van der Waals surface area (Å²) in [6.45, 7) is 5.27. The van der Waals surface area contributed by atoms with Crippen molar-refractivity contribution in [2.75, 3.05) is 24.5 Å². The van der Waals surface area contributed by atoms with E-state index in [1.165, 1.54) is 12.8 Å². The molecule has 0 bridgehead atoms. The molecule has 0 aliphatic carbocycles. The lowest BCUT2D eigenvalue weighted by atomic mass is 10.3. The average Bonchev–Trinajstić information content (AvgIpc) is 3.36. The number of anilines is 1. The standard InChI is InChI=1S/C18H23F3N6S.HI/c1-2-22-17(25-11-16-26-14(12-28-16)18(19,20)21)24-10-13-5-6-15(23-9-13)27-7-3-4-8-27;/h5-6,9,12H,2-4,7-8,10-11H2,1H3,(H2,22,24,25);1H. The number of nitrogens with one attached hydrogen (secondary N) is 2. The maximum Gasteiger partial charge on any atom is 0.434 e. The van der Waals surface area contributed by atoms with Gasteiger partial charge in [0.25, 0.3) is 0 Å². The number of alkyl halides is 3. The molecule has 3 heterocycles. The highest BCUT2D eigenvalue weighted by molar-refractivity contribution is 14.0. The molecule has 2 N–H and O–H groups in total. The fourth-order valence-electron chi connectivity index (χ4n) is 2.84. The van der Waals surface area contributed by atoms with E-state index >= 15 is 0 Å². The van der Waals surface area contributed by atoms with E-state index in [4.69, 9.17) is 0 Å². The minimum Gasteiger partial charge on any atom is -0.357 e. The summed E-state index contributed by atoms with van der Waals surface area (Å²) in [5, 5.41) is 7.48. The normalized spacial score (nSPS) is 14.6. The van der Waals surface area contributed by atoms with Gasteiger partial charge in [-0.2, -0.15) is 13.2 Å². The third-order valence-corrected chi connectivity index (χ3v) is 5.10. The van der Waals surface area contributed by atoms with Gasteiger partial charge in [-0.15, -0.1) is 35.3 Å². The zero-order valence-corrected chi connectivity index (χ0v) is 19.1. The Morgan fingerprint density at radius 1 is 1.24 bits per heavy atom. The van der Waals surface area contributed by atoms with Crippen molar-refractivity contribution in [3.05, 3.63) is 40.0 Å². The Bertz CT molecular complexity index is 788. The minimum absolute atomic E-state index is 0. The Morgan fingerprint density at radius 3 is 2.59 bits per heavy atom. The molecule has 1 aliphatic heterocycles. The fourth-order valence-corrected chi connectivity index (χ4v) is 3.58. The molecule has 160 valence electrons. The van der Waals surface area contributed by atoms with E-state index in [-0.39, 0.29) is 30.5 Å². The van der Waals surface area contributed by atoms with Crippen LogP contribution in [0.3, 0.4) is 0 Å². The van der Waals surface area contributed by atoms with Gasteiger partial charge >= 0.3 is 6.18 Å². The first-order valence-corrected chi connectivity index (χ1v) is 10.1. The topological polar surface area (TPSA) is 65.4 Å². The van der Waals surface area contributed by atoms with E-state index in [9.17, 15) is 13.2 Å². The summed E-state index contributed by atoms with van der Waals surface area (Å²) in [5.41, 5.74) is 0.106. The Labute approximate surface area is 189 Å². The number of rotatable bonds is 6. The van der Waals surface area contributed by atoms with Gasteiger partial charge in [0, 0.05) is 31.2 Å². The zero-order valence-electron chi connectivity index (χ0n) is 16.0. The lowest BCUT2D eigenvalue weighted by Gasteiger charge is -2.16. The molecule has 0 atom stereocenters. The Balaban J connectivity index is 0.00000300. The second-order valence-corrected chi connectivity index (χ2v) is 7.33. The SMILES string of the molecule is CCNC(=NCc1ccc(N2CCCC2)nc1)NCc1nc(C(F)(F)F)cs1.I. The monoisotopic (exact) mass is 540 g/mol. The molecule has 2 aromatic rings. The number of halogens is 4. The molecule has 6 nitrogen and oxygen atoms in total. The van der Waals surface area contributed by atoms with Crippen molar-refractivity contribution in [2.24, 2.45) is 4.99 Å². The second-order valence-electron chi connectivity index (χ2n) is 6.39. The second kappa shape index (κ2) is 11.0. The first-order valence-electron chi connectivity index (χ1n) is 9.19. The van der Waals surface area contributed by atoms with Gasteiger partial charge in [-0.05, 0) is 31.4 Å². The van der Waals surface area contributed by atoms with E-state index in [1.54, 1.807) is 0 Å². The fraction of sp³-hybridized carbons (Fsp3) is 0.500. The van der Waals surface area contributed by atoms with Crippen LogP contribution in [0.15, 0.2) is 28.7 Å². The van der Waals surface area contributed by atoms with Crippen LogP contribution in [0, 0.1) is 0 Å². The number of hydrogen-bond acceptors (Lipinski definition) is 5. The lowest BCUT2D eigenvalue weighted by Crippen LogP contribution is -2.36. The quantitative estimate of drug-likeness (QED) is 0.329. The number of aromatic nitrogens is 2. The van der Waals surface area contributed by atoms with Crippen LogP contribution in [0.25, 0.3) is 0 Å². The number of thiazole rings is 1. The molecule has 1 fully saturated rings. The summed E-state index contributed by atoms with van der Waals surface area (Å²) in [6, 6.07) is 4.01. The van der Waals surface area contributed by atoms with Crippen molar-refractivity contribution < 1.29 is 13.2 Å². The smallest absolute Gasteiger partial charge is 0.357 e. The largest absolute Gasteiger partial charge is 0.434 e. The van der Waals surface area contributed by atoms with Crippen LogP contribution >= 0.6 is 35.3 Å². The van der Waals surface area contributed by atoms with Crippen LogP contribution in [-0.2, 0) is 19.3 Å². The number of hydrogen-bond donors (Lipinski definition) is 2. The number of pyridine rings is 1. The number of guanidine groups is 1. The van der Waals surface area contributed by atoms with Crippen molar-refractivity contribution >= 4 is 47.1 Å². The highest BCUT2D eigenvalue weighted by atomic mass is 127. The summed E-state index contributed by atoms with van der Waals surface area (Å²) < 4.78 is 37.9. The molecular weight excluding hydrogens is 516 g/mol. The molecule has 3 rings (SSSR count). The molecule has 1 aliphatic rings. The van der Waals surface area contributed by atoms with Crippen molar-refractivity contribution in [2.45, 2.75) is 39.0 Å².